The Morgan fingerprint density at radius 2 is 2.11 bits per heavy atom. The third-order valence-electron chi connectivity index (χ3n) is 4.01. The molecule has 0 spiro atoms. The van der Waals surface area contributed by atoms with Gasteiger partial charge in [0.15, 0.2) is 0 Å². The Labute approximate surface area is 121 Å². The lowest BCUT2D eigenvalue weighted by atomic mass is 9.99. The summed E-state index contributed by atoms with van der Waals surface area (Å²) in [4.78, 5) is 8.82. The number of thiazole rings is 1. The van der Waals surface area contributed by atoms with Crippen LogP contribution in [0.15, 0.2) is 0 Å². The van der Waals surface area contributed by atoms with Crippen LogP contribution in [0.4, 0.5) is 0 Å². The molecule has 19 heavy (non-hydrogen) atoms. The van der Waals surface area contributed by atoms with Crippen molar-refractivity contribution in [2.45, 2.75) is 46.1 Å². The average molecular weight is 281 g/mol. The number of hydrogen-bond acceptors (Lipinski definition) is 4. The van der Waals surface area contributed by atoms with Gasteiger partial charge >= 0.3 is 0 Å². The van der Waals surface area contributed by atoms with E-state index in [-0.39, 0.29) is 0 Å². The van der Waals surface area contributed by atoms with Crippen molar-refractivity contribution in [2.75, 3.05) is 26.7 Å². The standard InChI is InChI=1S/C15H27N3S/c1-4-13-14(11-16-3)19-15(17-13)7-10-18-8-5-12(2)6-9-18/h12,16H,4-11H2,1-3H3. The van der Waals surface area contributed by atoms with Crippen molar-refractivity contribution in [2.24, 2.45) is 5.92 Å². The van der Waals surface area contributed by atoms with Gasteiger partial charge in [-0.1, -0.05) is 13.8 Å². The van der Waals surface area contributed by atoms with Crippen molar-refractivity contribution < 1.29 is 0 Å². The van der Waals surface area contributed by atoms with E-state index in [0.717, 1.165) is 25.3 Å². The first-order valence-corrected chi connectivity index (χ1v) is 8.39. The predicted molar refractivity (Wildman–Crippen MR) is 82.8 cm³/mol. The summed E-state index contributed by atoms with van der Waals surface area (Å²) in [5.41, 5.74) is 1.29. The molecule has 2 rings (SSSR count). The quantitative estimate of drug-likeness (QED) is 0.869. The lowest BCUT2D eigenvalue weighted by Crippen LogP contribution is -2.34. The molecule has 1 aromatic heterocycles. The van der Waals surface area contributed by atoms with Crippen LogP contribution in [0, 0.1) is 5.92 Å². The molecule has 1 fully saturated rings. The maximum atomic E-state index is 4.80. The highest BCUT2D eigenvalue weighted by molar-refractivity contribution is 7.11. The third-order valence-corrected chi connectivity index (χ3v) is 5.17. The highest BCUT2D eigenvalue weighted by atomic mass is 32.1. The minimum atomic E-state index is 0.921. The number of aromatic nitrogens is 1. The molecule has 1 N–H and O–H groups in total. The van der Waals surface area contributed by atoms with Crippen LogP contribution in [-0.4, -0.2) is 36.6 Å². The Hall–Kier alpha value is -0.450. The molecule has 2 heterocycles. The van der Waals surface area contributed by atoms with E-state index >= 15 is 0 Å². The van der Waals surface area contributed by atoms with Gasteiger partial charge in [-0.2, -0.15) is 0 Å². The van der Waals surface area contributed by atoms with Gasteiger partial charge in [-0.15, -0.1) is 11.3 Å². The van der Waals surface area contributed by atoms with E-state index in [0.29, 0.717) is 0 Å². The summed E-state index contributed by atoms with van der Waals surface area (Å²) in [5, 5.41) is 4.56. The number of nitrogens with one attached hydrogen (secondary N) is 1. The monoisotopic (exact) mass is 281 g/mol. The molecule has 0 amide bonds. The van der Waals surface area contributed by atoms with Crippen LogP contribution in [-0.2, 0) is 19.4 Å². The maximum absolute atomic E-state index is 4.80. The molecule has 0 saturated carbocycles. The van der Waals surface area contributed by atoms with E-state index in [4.69, 9.17) is 4.98 Å². The zero-order valence-corrected chi connectivity index (χ0v) is 13.4. The van der Waals surface area contributed by atoms with Crippen LogP contribution in [0.3, 0.4) is 0 Å². The van der Waals surface area contributed by atoms with Crippen molar-refractivity contribution in [1.82, 2.24) is 15.2 Å². The van der Waals surface area contributed by atoms with E-state index in [1.54, 1.807) is 0 Å². The molecule has 0 atom stereocenters. The van der Waals surface area contributed by atoms with Gasteiger partial charge in [0.1, 0.15) is 0 Å². The van der Waals surface area contributed by atoms with Crippen molar-refractivity contribution in [3.63, 3.8) is 0 Å². The van der Waals surface area contributed by atoms with E-state index in [9.17, 15) is 0 Å². The third kappa shape index (κ3) is 4.26. The Balaban J connectivity index is 1.85. The summed E-state index contributed by atoms with van der Waals surface area (Å²) in [6, 6.07) is 0. The first-order valence-electron chi connectivity index (χ1n) is 7.57. The fourth-order valence-electron chi connectivity index (χ4n) is 2.66. The number of rotatable bonds is 6. The predicted octanol–water partition coefficient (Wildman–Crippen LogP) is 2.70. The van der Waals surface area contributed by atoms with Crippen molar-refractivity contribution >= 4 is 11.3 Å². The Morgan fingerprint density at radius 3 is 2.74 bits per heavy atom. The lowest BCUT2D eigenvalue weighted by Gasteiger charge is -2.29. The van der Waals surface area contributed by atoms with Gasteiger partial charge in [-0.25, -0.2) is 4.98 Å². The highest BCUT2D eigenvalue weighted by Gasteiger charge is 2.16. The van der Waals surface area contributed by atoms with Gasteiger partial charge in [0, 0.05) is 24.4 Å². The molecule has 1 aromatic rings. The van der Waals surface area contributed by atoms with Crippen LogP contribution >= 0.6 is 11.3 Å². The molecule has 3 nitrogen and oxygen atoms in total. The largest absolute Gasteiger partial charge is 0.315 e. The van der Waals surface area contributed by atoms with Gasteiger partial charge < -0.3 is 10.2 Å². The number of hydrogen-bond donors (Lipinski definition) is 1. The summed E-state index contributed by atoms with van der Waals surface area (Å²) in [5.74, 6) is 0.921. The van der Waals surface area contributed by atoms with Crippen LogP contribution in [0.1, 0.15) is 42.3 Å². The first kappa shape index (κ1) is 14.9. The zero-order chi connectivity index (χ0) is 13.7. The minimum absolute atomic E-state index is 0.921. The number of likely N-dealkylation sites (tertiary alicyclic amines) is 1. The summed E-state index contributed by atoms with van der Waals surface area (Å²) in [7, 11) is 2.01. The summed E-state index contributed by atoms with van der Waals surface area (Å²) < 4.78 is 0. The molecular formula is C15H27N3S. The van der Waals surface area contributed by atoms with E-state index in [2.05, 4.69) is 24.1 Å². The topological polar surface area (TPSA) is 28.2 Å². The SMILES string of the molecule is CCc1nc(CCN2CCC(C)CC2)sc1CNC. The molecule has 108 valence electrons. The molecule has 1 saturated heterocycles. The van der Waals surface area contributed by atoms with Crippen molar-refractivity contribution in [3.05, 3.63) is 15.6 Å². The van der Waals surface area contributed by atoms with E-state index in [1.165, 1.54) is 48.1 Å². The van der Waals surface area contributed by atoms with Crippen LogP contribution in [0.2, 0.25) is 0 Å². The molecular weight excluding hydrogens is 254 g/mol. The Bertz CT molecular complexity index is 381. The van der Waals surface area contributed by atoms with E-state index in [1.807, 2.05) is 18.4 Å². The summed E-state index contributed by atoms with van der Waals surface area (Å²) in [6.07, 6.45) is 4.90. The van der Waals surface area contributed by atoms with Crippen molar-refractivity contribution in [3.8, 4) is 0 Å². The minimum Gasteiger partial charge on any atom is -0.315 e. The highest BCUT2D eigenvalue weighted by Crippen LogP contribution is 2.21. The first-order chi connectivity index (χ1) is 9.22. The summed E-state index contributed by atoms with van der Waals surface area (Å²) in [6.45, 7) is 9.26. The van der Waals surface area contributed by atoms with Crippen LogP contribution in [0.5, 0.6) is 0 Å². The van der Waals surface area contributed by atoms with Gasteiger partial charge in [-0.05, 0) is 45.3 Å². The molecule has 4 heteroatoms. The van der Waals surface area contributed by atoms with Crippen LogP contribution < -0.4 is 5.32 Å². The number of nitrogens with zero attached hydrogens (tertiary/aromatic N) is 2. The van der Waals surface area contributed by atoms with Crippen LogP contribution in [0.25, 0.3) is 0 Å². The summed E-state index contributed by atoms with van der Waals surface area (Å²) >= 11 is 1.90. The van der Waals surface area contributed by atoms with Gasteiger partial charge in [0.2, 0.25) is 0 Å². The Morgan fingerprint density at radius 1 is 1.37 bits per heavy atom. The fourth-order valence-corrected chi connectivity index (χ4v) is 3.82. The fraction of sp³-hybridized carbons (Fsp3) is 0.800. The van der Waals surface area contributed by atoms with Crippen molar-refractivity contribution in [1.29, 1.82) is 0 Å². The molecule has 1 aliphatic heterocycles. The lowest BCUT2D eigenvalue weighted by molar-refractivity contribution is 0.194. The molecule has 0 aromatic carbocycles. The molecule has 0 radical (unpaired) electrons. The number of piperidine rings is 1. The molecule has 0 bridgehead atoms. The normalized spacial score (nSPS) is 18.1. The van der Waals surface area contributed by atoms with Gasteiger partial charge in [0.05, 0.1) is 10.7 Å². The second-order valence-electron chi connectivity index (χ2n) is 5.64. The van der Waals surface area contributed by atoms with Gasteiger partial charge in [0.25, 0.3) is 0 Å². The smallest absolute Gasteiger partial charge is 0.0944 e. The zero-order valence-electron chi connectivity index (χ0n) is 12.5. The van der Waals surface area contributed by atoms with Gasteiger partial charge in [-0.3, -0.25) is 0 Å². The molecule has 1 aliphatic rings. The maximum Gasteiger partial charge on any atom is 0.0944 e. The second kappa shape index (κ2) is 7.36. The Kier molecular flexibility index (Phi) is 5.79. The molecule has 0 unspecified atom stereocenters. The number of aryl methyl sites for hydroxylation is 1. The molecule has 0 aliphatic carbocycles. The van der Waals surface area contributed by atoms with E-state index < -0.39 is 0 Å². The second-order valence-corrected chi connectivity index (χ2v) is 6.80. The average Bonchev–Trinajstić information content (AvgIpc) is 2.81.